The zero-order valence-electron chi connectivity index (χ0n) is 9.02. The average Bonchev–Trinajstić information content (AvgIpc) is 2.29. The molecule has 0 saturated heterocycles. The number of nitrogens with zero attached hydrogens (tertiary/aromatic N) is 2. The minimum atomic E-state index is -0.493. The Hall–Kier alpha value is -1.14. The van der Waals surface area contributed by atoms with Crippen LogP contribution in [0.1, 0.15) is 6.92 Å². The van der Waals surface area contributed by atoms with E-state index in [0.717, 1.165) is 0 Å². The largest absolute Gasteiger partial charge is 0.312 e. The molecule has 0 unspecified atom stereocenters. The van der Waals surface area contributed by atoms with Crippen LogP contribution in [-0.2, 0) is 4.79 Å². The molecule has 0 atom stereocenters. The molecule has 17 heavy (non-hydrogen) atoms. The van der Waals surface area contributed by atoms with Crippen molar-refractivity contribution in [2.24, 2.45) is 0 Å². The molecule has 0 aliphatic carbocycles. The van der Waals surface area contributed by atoms with Crippen molar-refractivity contribution >= 4 is 44.8 Å². The Morgan fingerprint density at radius 2 is 2.24 bits per heavy atom. The van der Waals surface area contributed by atoms with Crippen LogP contribution >= 0.6 is 27.5 Å². The lowest BCUT2D eigenvalue weighted by molar-refractivity contribution is -0.385. The summed E-state index contributed by atoms with van der Waals surface area (Å²) in [7, 11) is 0. The molecule has 0 bridgehead atoms. The molecule has 7 heteroatoms. The monoisotopic (exact) mass is 320 g/mol. The smallest absolute Gasteiger partial charge is 0.283 e. The number of benzene rings is 1. The van der Waals surface area contributed by atoms with E-state index >= 15 is 0 Å². The van der Waals surface area contributed by atoms with E-state index in [4.69, 9.17) is 11.6 Å². The highest BCUT2D eigenvalue weighted by atomic mass is 79.9. The van der Waals surface area contributed by atoms with Crippen LogP contribution in [-0.4, -0.2) is 23.3 Å². The quantitative estimate of drug-likeness (QED) is 0.486. The predicted molar refractivity (Wildman–Crippen MR) is 69.5 cm³/mol. The van der Waals surface area contributed by atoms with Gasteiger partial charge in [0.15, 0.2) is 0 Å². The van der Waals surface area contributed by atoms with Crippen molar-refractivity contribution in [1.82, 2.24) is 0 Å². The summed E-state index contributed by atoms with van der Waals surface area (Å²) >= 11 is 8.59. The Bertz CT molecular complexity index is 453. The van der Waals surface area contributed by atoms with Crippen LogP contribution in [0.3, 0.4) is 0 Å². The van der Waals surface area contributed by atoms with Crippen LogP contribution in [0, 0.1) is 10.1 Å². The first-order valence-corrected chi connectivity index (χ1v) is 6.14. The highest BCUT2D eigenvalue weighted by Gasteiger charge is 2.17. The van der Waals surface area contributed by atoms with E-state index in [0.29, 0.717) is 16.7 Å². The standard InChI is InChI=1S/C10H10BrClN2O3/c1-2-13(10(15)6-12)7-3-4-9(14(16)17)8(11)5-7/h3-5H,2,6H2,1H3. The van der Waals surface area contributed by atoms with Crippen molar-refractivity contribution in [2.75, 3.05) is 17.3 Å². The molecule has 1 aromatic carbocycles. The Labute approximate surface area is 112 Å². The summed E-state index contributed by atoms with van der Waals surface area (Å²) in [6.45, 7) is 2.26. The number of hydrogen-bond donors (Lipinski definition) is 0. The minimum absolute atomic E-state index is 0.0388. The summed E-state index contributed by atoms with van der Waals surface area (Å²) in [4.78, 5) is 23.1. The van der Waals surface area contributed by atoms with Gasteiger partial charge in [0, 0.05) is 18.3 Å². The summed E-state index contributed by atoms with van der Waals surface area (Å²) in [5.74, 6) is -0.363. The molecule has 0 N–H and O–H groups in total. The zero-order valence-corrected chi connectivity index (χ0v) is 11.4. The molecule has 0 radical (unpaired) electrons. The van der Waals surface area contributed by atoms with Crippen LogP contribution < -0.4 is 4.90 Å². The van der Waals surface area contributed by atoms with Crippen LogP contribution in [0.4, 0.5) is 11.4 Å². The maximum atomic E-state index is 11.5. The van der Waals surface area contributed by atoms with E-state index in [1.807, 2.05) is 0 Å². The van der Waals surface area contributed by atoms with E-state index < -0.39 is 4.92 Å². The van der Waals surface area contributed by atoms with E-state index in [1.165, 1.54) is 23.1 Å². The lowest BCUT2D eigenvalue weighted by atomic mass is 10.2. The van der Waals surface area contributed by atoms with Crippen LogP contribution in [0.15, 0.2) is 22.7 Å². The van der Waals surface area contributed by atoms with E-state index in [1.54, 1.807) is 6.92 Å². The Morgan fingerprint density at radius 1 is 1.59 bits per heavy atom. The third-order valence-electron chi connectivity index (χ3n) is 2.17. The topological polar surface area (TPSA) is 63.5 Å². The van der Waals surface area contributed by atoms with Crippen molar-refractivity contribution in [2.45, 2.75) is 6.92 Å². The van der Waals surface area contributed by atoms with Gasteiger partial charge in [-0.3, -0.25) is 14.9 Å². The number of anilines is 1. The molecule has 1 amide bonds. The highest BCUT2D eigenvalue weighted by Crippen LogP contribution is 2.29. The third kappa shape index (κ3) is 3.17. The maximum absolute atomic E-state index is 11.5. The Balaban J connectivity index is 3.11. The van der Waals surface area contributed by atoms with Gasteiger partial charge >= 0.3 is 0 Å². The Morgan fingerprint density at radius 3 is 2.65 bits per heavy atom. The average molecular weight is 322 g/mol. The maximum Gasteiger partial charge on any atom is 0.283 e. The van der Waals surface area contributed by atoms with Gasteiger partial charge in [0.2, 0.25) is 5.91 Å². The van der Waals surface area contributed by atoms with Gasteiger partial charge in [0.25, 0.3) is 5.69 Å². The van der Waals surface area contributed by atoms with Gasteiger partial charge in [-0.25, -0.2) is 0 Å². The summed E-state index contributed by atoms with van der Waals surface area (Å²) in [5, 5.41) is 10.6. The van der Waals surface area contributed by atoms with Gasteiger partial charge in [-0.2, -0.15) is 0 Å². The molecule has 0 heterocycles. The van der Waals surface area contributed by atoms with E-state index in [2.05, 4.69) is 15.9 Å². The SMILES string of the molecule is CCN(C(=O)CCl)c1ccc([N+](=O)[O-])c(Br)c1. The normalized spacial score (nSPS) is 10.1. The second kappa shape index (κ2) is 5.97. The molecule has 0 aromatic heterocycles. The van der Waals surface area contributed by atoms with Crippen molar-refractivity contribution in [3.05, 3.63) is 32.8 Å². The van der Waals surface area contributed by atoms with Gasteiger partial charge in [-0.15, -0.1) is 11.6 Å². The molecule has 0 saturated carbocycles. The fourth-order valence-corrected chi connectivity index (χ4v) is 2.04. The molecule has 0 fully saturated rings. The first-order chi connectivity index (χ1) is 8.01. The first-order valence-electron chi connectivity index (χ1n) is 4.81. The van der Waals surface area contributed by atoms with Crippen molar-refractivity contribution in [1.29, 1.82) is 0 Å². The lowest BCUT2D eigenvalue weighted by Gasteiger charge is -2.19. The molecule has 1 aromatic rings. The predicted octanol–water partition coefficient (Wildman–Crippen LogP) is 2.95. The minimum Gasteiger partial charge on any atom is -0.312 e. The summed E-state index contributed by atoms with van der Waals surface area (Å²) < 4.78 is 0.334. The van der Waals surface area contributed by atoms with E-state index in [9.17, 15) is 14.9 Å². The fourth-order valence-electron chi connectivity index (χ4n) is 1.39. The molecule has 0 aliphatic heterocycles. The summed E-state index contributed by atoms with van der Waals surface area (Å²) in [6, 6.07) is 4.41. The number of hydrogen-bond acceptors (Lipinski definition) is 3. The molecular formula is C10H10BrClN2O3. The second-order valence-electron chi connectivity index (χ2n) is 3.16. The number of alkyl halides is 1. The number of halogens is 2. The number of rotatable bonds is 4. The van der Waals surface area contributed by atoms with Gasteiger partial charge in [-0.1, -0.05) is 0 Å². The number of nitro groups is 1. The number of carbonyl (C=O) groups excluding carboxylic acids is 1. The Kier molecular flexibility index (Phi) is 4.89. The molecule has 0 spiro atoms. The fraction of sp³-hybridized carbons (Fsp3) is 0.300. The zero-order chi connectivity index (χ0) is 13.0. The molecule has 1 rings (SSSR count). The van der Waals surface area contributed by atoms with Gasteiger partial charge in [0.05, 0.1) is 9.40 Å². The molecule has 0 aliphatic rings. The summed E-state index contributed by atoms with van der Waals surface area (Å²) in [5.41, 5.74) is 0.541. The highest BCUT2D eigenvalue weighted by molar-refractivity contribution is 9.10. The third-order valence-corrected chi connectivity index (χ3v) is 3.04. The number of nitro benzene ring substituents is 1. The number of carbonyl (C=O) groups is 1. The molecule has 92 valence electrons. The van der Waals surface area contributed by atoms with Crippen molar-refractivity contribution in [3.63, 3.8) is 0 Å². The van der Waals surface area contributed by atoms with Crippen LogP contribution in [0.2, 0.25) is 0 Å². The molecular weight excluding hydrogens is 311 g/mol. The van der Waals surface area contributed by atoms with Crippen molar-refractivity contribution in [3.8, 4) is 0 Å². The van der Waals surface area contributed by atoms with Crippen LogP contribution in [0.5, 0.6) is 0 Å². The number of amides is 1. The van der Waals surface area contributed by atoms with Crippen molar-refractivity contribution < 1.29 is 9.72 Å². The summed E-state index contributed by atoms with van der Waals surface area (Å²) in [6.07, 6.45) is 0. The first kappa shape index (κ1) is 13.9. The van der Waals surface area contributed by atoms with Gasteiger partial charge < -0.3 is 4.90 Å². The lowest BCUT2D eigenvalue weighted by Crippen LogP contribution is -2.31. The van der Waals surface area contributed by atoms with Gasteiger partial charge in [0.1, 0.15) is 5.88 Å². The van der Waals surface area contributed by atoms with E-state index in [-0.39, 0.29) is 17.5 Å². The van der Waals surface area contributed by atoms with Gasteiger partial charge in [-0.05, 0) is 35.0 Å². The van der Waals surface area contributed by atoms with Crippen LogP contribution in [0.25, 0.3) is 0 Å². The molecule has 5 nitrogen and oxygen atoms in total. The second-order valence-corrected chi connectivity index (χ2v) is 4.29.